The van der Waals surface area contributed by atoms with Gasteiger partial charge in [-0.1, -0.05) is 50.0 Å². The molecule has 0 N–H and O–H groups in total. The molecule has 1 aliphatic rings. The standard InChI is InChI=1S/C17H22Cl2N2O2/c1-11(22)21-8-7-20(16(23)17(2,3)4)10-15(21)12-5-6-13(18)14(19)9-12/h5-6,9,15H,7-8,10H2,1-4H3. The number of piperazine rings is 1. The molecule has 0 aromatic heterocycles. The maximum atomic E-state index is 12.6. The molecule has 1 aromatic rings. The zero-order valence-electron chi connectivity index (χ0n) is 13.9. The molecule has 1 aliphatic heterocycles. The number of carbonyl (C=O) groups excluding carboxylic acids is 2. The van der Waals surface area contributed by atoms with E-state index in [1.54, 1.807) is 24.0 Å². The van der Waals surface area contributed by atoms with Crippen LogP contribution in [0.1, 0.15) is 39.3 Å². The van der Waals surface area contributed by atoms with Crippen molar-refractivity contribution in [1.29, 1.82) is 0 Å². The number of benzene rings is 1. The molecule has 0 spiro atoms. The van der Waals surface area contributed by atoms with Gasteiger partial charge in [0, 0.05) is 32.0 Å². The van der Waals surface area contributed by atoms with Gasteiger partial charge in [-0.05, 0) is 17.7 Å². The molecule has 2 rings (SSSR count). The molecule has 4 nitrogen and oxygen atoms in total. The number of hydrogen-bond donors (Lipinski definition) is 0. The minimum Gasteiger partial charge on any atom is -0.338 e. The molecule has 1 aromatic carbocycles. The molecule has 126 valence electrons. The molecule has 1 atom stereocenters. The third kappa shape index (κ3) is 3.99. The summed E-state index contributed by atoms with van der Waals surface area (Å²) in [4.78, 5) is 28.2. The van der Waals surface area contributed by atoms with Gasteiger partial charge in [0.05, 0.1) is 16.1 Å². The van der Waals surface area contributed by atoms with Crippen molar-refractivity contribution in [3.8, 4) is 0 Å². The average Bonchev–Trinajstić information content (AvgIpc) is 2.47. The van der Waals surface area contributed by atoms with E-state index in [0.717, 1.165) is 5.56 Å². The van der Waals surface area contributed by atoms with E-state index in [0.29, 0.717) is 29.7 Å². The van der Waals surface area contributed by atoms with Crippen LogP contribution in [0.3, 0.4) is 0 Å². The van der Waals surface area contributed by atoms with Gasteiger partial charge in [0.15, 0.2) is 0 Å². The Balaban J connectivity index is 2.32. The van der Waals surface area contributed by atoms with E-state index < -0.39 is 5.41 Å². The second kappa shape index (κ2) is 6.70. The summed E-state index contributed by atoms with van der Waals surface area (Å²) < 4.78 is 0. The molecule has 0 saturated carbocycles. The van der Waals surface area contributed by atoms with Crippen molar-refractivity contribution < 1.29 is 9.59 Å². The fourth-order valence-corrected chi connectivity index (χ4v) is 3.13. The van der Waals surface area contributed by atoms with Crippen molar-refractivity contribution >= 4 is 35.0 Å². The maximum absolute atomic E-state index is 12.6. The summed E-state index contributed by atoms with van der Waals surface area (Å²) in [5.41, 5.74) is 0.446. The molecule has 6 heteroatoms. The van der Waals surface area contributed by atoms with Gasteiger partial charge in [0.1, 0.15) is 0 Å². The van der Waals surface area contributed by atoms with Crippen molar-refractivity contribution in [2.75, 3.05) is 19.6 Å². The number of hydrogen-bond acceptors (Lipinski definition) is 2. The fourth-order valence-electron chi connectivity index (χ4n) is 2.82. The van der Waals surface area contributed by atoms with Gasteiger partial charge in [0.25, 0.3) is 0 Å². The third-order valence-electron chi connectivity index (χ3n) is 4.04. The Labute approximate surface area is 147 Å². The van der Waals surface area contributed by atoms with E-state index in [4.69, 9.17) is 23.2 Å². The maximum Gasteiger partial charge on any atom is 0.228 e. The first-order valence-corrected chi connectivity index (χ1v) is 8.38. The molecule has 0 radical (unpaired) electrons. The average molecular weight is 357 g/mol. The van der Waals surface area contributed by atoms with Crippen molar-refractivity contribution in [2.24, 2.45) is 5.41 Å². The second-order valence-corrected chi connectivity index (χ2v) is 7.72. The first kappa shape index (κ1) is 18.1. The summed E-state index contributed by atoms with van der Waals surface area (Å²) in [5.74, 6) is 0.0784. The second-order valence-electron chi connectivity index (χ2n) is 6.90. The first-order chi connectivity index (χ1) is 10.6. The van der Waals surface area contributed by atoms with E-state index in [1.807, 2.05) is 31.7 Å². The molecule has 0 aliphatic carbocycles. The highest BCUT2D eigenvalue weighted by molar-refractivity contribution is 6.42. The number of halogens is 2. The van der Waals surface area contributed by atoms with Crippen LogP contribution in [0.25, 0.3) is 0 Å². The van der Waals surface area contributed by atoms with Crippen LogP contribution >= 0.6 is 23.2 Å². The molecular formula is C17H22Cl2N2O2. The molecule has 23 heavy (non-hydrogen) atoms. The number of amides is 2. The van der Waals surface area contributed by atoms with Crippen molar-refractivity contribution in [1.82, 2.24) is 9.80 Å². The lowest BCUT2D eigenvalue weighted by molar-refractivity contribution is -0.147. The van der Waals surface area contributed by atoms with Crippen molar-refractivity contribution in [3.63, 3.8) is 0 Å². The van der Waals surface area contributed by atoms with Gasteiger partial charge in [-0.3, -0.25) is 9.59 Å². The van der Waals surface area contributed by atoms with E-state index in [2.05, 4.69) is 0 Å². The Kier molecular flexibility index (Phi) is 5.27. The normalized spacial score (nSPS) is 19.0. The van der Waals surface area contributed by atoms with Gasteiger partial charge in [-0.25, -0.2) is 0 Å². The van der Waals surface area contributed by atoms with E-state index in [-0.39, 0.29) is 17.9 Å². The predicted octanol–water partition coefficient (Wildman–Crippen LogP) is 3.77. The van der Waals surface area contributed by atoms with Crippen molar-refractivity contribution in [2.45, 2.75) is 33.7 Å². The molecule has 1 unspecified atom stereocenters. The van der Waals surface area contributed by atoms with Gasteiger partial charge >= 0.3 is 0 Å². The minimum absolute atomic E-state index is 0.0102. The van der Waals surface area contributed by atoms with Gasteiger partial charge in [-0.2, -0.15) is 0 Å². The van der Waals surface area contributed by atoms with Crippen LogP contribution < -0.4 is 0 Å². The lowest BCUT2D eigenvalue weighted by Crippen LogP contribution is -2.54. The van der Waals surface area contributed by atoms with E-state index in [1.165, 1.54) is 0 Å². The molecule has 0 bridgehead atoms. The lowest BCUT2D eigenvalue weighted by Gasteiger charge is -2.43. The Bertz CT molecular complexity index is 626. The monoisotopic (exact) mass is 356 g/mol. The molecular weight excluding hydrogens is 335 g/mol. The highest BCUT2D eigenvalue weighted by Gasteiger charge is 2.35. The van der Waals surface area contributed by atoms with Crippen molar-refractivity contribution in [3.05, 3.63) is 33.8 Å². The molecule has 1 saturated heterocycles. The summed E-state index contributed by atoms with van der Waals surface area (Å²) in [6, 6.07) is 5.15. The highest BCUT2D eigenvalue weighted by atomic mass is 35.5. The summed E-state index contributed by atoms with van der Waals surface area (Å²) in [6.45, 7) is 8.79. The predicted molar refractivity (Wildman–Crippen MR) is 92.6 cm³/mol. The Morgan fingerprint density at radius 3 is 2.30 bits per heavy atom. The van der Waals surface area contributed by atoms with Gasteiger partial charge in [0.2, 0.25) is 11.8 Å². The zero-order chi connectivity index (χ0) is 17.4. The van der Waals surface area contributed by atoms with Gasteiger partial charge < -0.3 is 9.80 Å². The summed E-state index contributed by atoms with van der Waals surface area (Å²) >= 11 is 12.1. The topological polar surface area (TPSA) is 40.6 Å². The number of nitrogens with zero attached hydrogens (tertiary/aromatic N) is 2. The number of carbonyl (C=O) groups is 2. The quantitative estimate of drug-likeness (QED) is 0.768. The zero-order valence-corrected chi connectivity index (χ0v) is 15.4. The molecule has 1 fully saturated rings. The van der Waals surface area contributed by atoms with Crippen LogP contribution in [0.4, 0.5) is 0 Å². The first-order valence-electron chi connectivity index (χ1n) is 7.63. The summed E-state index contributed by atoms with van der Waals surface area (Å²) in [6.07, 6.45) is 0. The van der Waals surface area contributed by atoms with E-state index in [9.17, 15) is 9.59 Å². The van der Waals surface area contributed by atoms with Crippen LogP contribution in [0.15, 0.2) is 18.2 Å². The Morgan fingerprint density at radius 1 is 1.13 bits per heavy atom. The molecule has 1 heterocycles. The molecule has 2 amide bonds. The lowest BCUT2D eigenvalue weighted by atomic mass is 9.93. The number of rotatable bonds is 1. The van der Waals surface area contributed by atoms with Crippen LogP contribution in [0.5, 0.6) is 0 Å². The summed E-state index contributed by atoms with van der Waals surface area (Å²) in [5, 5.41) is 0.926. The van der Waals surface area contributed by atoms with Crippen LogP contribution in [0.2, 0.25) is 10.0 Å². The van der Waals surface area contributed by atoms with E-state index >= 15 is 0 Å². The Morgan fingerprint density at radius 2 is 1.78 bits per heavy atom. The van der Waals surface area contributed by atoms with Gasteiger partial charge in [-0.15, -0.1) is 0 Å². The SMILES string of the molecule is CC(=O)N1CCN(C(=O)C(C)(C)C)CC1c1ccc(Cl)c(Cl)c1. The smallest absolute Gasteiger partial charge is 0.228 e. The van der Waals surface area contributed by atoms with Crippen LogP contribution in [0, 0.1) is 5.41 Å². The fraction of sp³-hybridized carbons (Fsp3) is 0.529. The Hall–Kier alpha value is -1.26. The highest BCUT2D eigenvalue weighted by Crippen LogP contribution is 2.32. The summed E-state index contributed by atoms with van der Waals surface area (Å²) in [7, 11) is 0. The minimum atomic E-state index is -0.444. The largest absolute Gasteiger partial charge is 0.338 e. The van der Waals surface area contributed by atoms with Crippen LogP contribution in [-0.2, 0) is 9.59 Å². The third-order valence-corrected chi connectivity index (χ3v) is 4.78. The van der Waals surface area contributed by atoms with Crippen LogP contribution in [-0.4, -0.2) is 41.2 Å².